The van der Waals surface area contributed by atoms with E-state index in [1.54, 1.807) is 12.1 Å². The van der Waals surface area contributed by atoms with E-state index in [2.05, 4.69) is 4.90 Å². The van der Waals surface area contributed by atoms with Crippen molar-refractivity contribution in [1.82, 2.24) is 4.90 Å². The molecule has 0 fully saturated rings. The minimum Gasteiger partial charge on any atom is -0.399 e. The lowest BCUT2D eigenvalue weighted by atomic mass is 9.98. The molecule has 1 aliphatic heterocycles. The van der Waals surface area contributed by atoms with Gasteiger partial charge >= 0.3 is 0 Å². The molecule has 1 aliphatic rings. The van der Waals surface area contributed by atoms with Crippen LogP contribution in [-0.2, 0) is 19.5 Å². The molecule has 0 saturated heterocycles. The molecule has 4 heteroatoms. The van der Waals surface area contributed by atoms with Gasteiger partial charge in [-0.2, -0.15) is 0 Å². The Kier molecular flexibility index (Phi) is 3.40. The summed E-state index contributed by atoms with van der Waals surface area (Å²) in [4.78, 5) is 2.11. The topological polar surface area (TPSA) is 29.3 Å². The molecule has 0 bridgehead atoms. The van der Waals surface area contributed by atoms with Gasteiger partial charge in [-0.15, -0.1) is 0 Å². The number of benzene rings is 2. The number of hydrogen-bond acceptors (Lipinski definition) is 2. The first-order chi connectivity index (χ1) is 9.63. The highest BCUT2D eigenvalue weighted by molar-refractivity contribution is 5.45. The van der Waals surface area contributed by atoms with E-state index in [0.717, 1.165) is 31.3 Å². The van der Waals surface area contributed by atoms with E-state index in [4.69, 9.17) is 5.73 Å². The molecule has 0 spiro atoms. The first-order valence-electron chi connectivity index (χ1n) is 6.66. The Bertz CT molecular complexity index is 640. The smallest absolute Gasteiger partial charge is 0.163 e. The fraction of sp³-hybridized carbons (Fsp3) is 0.250. The fourth-order valence-corrected chi connectivity index (χ4v) is 2.68. The molecule has 2 aromatic carbocycles. The van der Waals surface area contributed by atoms with Crippen LogP contribution in [-0.4, -0.2) is 11.4 Å². The summed E-state index contributed by atoms with van der Waals surface area (Å²) in [5.74, 6) is -1.53. The lowest BCUT2D eigenvalue weighted by molar-refractivity contribution is 0.241. The average Bonchev–Trinajstić information content (AvgIpc) is 2.43. The molecular weight excluding hydrogens is 258 g/mol. The van der Waals surface area contributed by atoms with Crippen LogP contribution >= 0.6 is 0 Å². The molecule has 0 saturated carbocycles. The van der Waals surface area contributed by atoms with Crippen molar-refractivity contribution < 1.29 is 8.78 Å². The van der Waals surface area contributed by atoms with Crippen molar-refractivity contribution in [3.05, 3.63) is 64.7 Å². The largest absolute Gasteiger partial charge is 0.399 e. The van der Waals surface area contributed by atoms with Crippen molar-refractivity contribution in [3.63, 3.8) is 0 Å². The summed E-state index contributed by atoms with van der Waals surface area (Å²) < 4.78 is 26.9. The van der Waals surface area contributed by atoms with Gasteiger partial charge in [0.2, 0.25) is 0 Å². The van der Waals surface area contributed by atoms with Gasteiger partial charge in [0.25, 0.3) is 0 Å². The van der Waals surface area contributed by atoms with Crippen LogP contribution in [0.4, 0.5) is 14.5 Å². The van der Waals surface area contributed by atoms with E-state index in [0.29, 0.717) is 12.1 Å². The molecule has 2 aromatic rings. The zero-order valence-corrected chi connectivity index (χ0v) is 11.1. The maximum Gasteiger partial charge on any atom is 0.163 e. The number of nitrogens with zero attached hydrogens (tertiary/aromatic N) is 1. The van der Waals surface area contributed by atoms with Crippen LogP contribution < -0.4 is 5.73 Å². The Hall–Kier alpha value is -1.94. The van der Waals surface area contributed by atoms with Gasteiger partial charge in [0.05, 0.1) is 0 Å². The van der Waals surface area contributed by atoms with Crippen LogP contribution in [0.2, 0.25) is 0 Å². The lowest BCUT2D eigenvalue weighted by Gasteiger charge is -2.29. The van der Waals surface area contributed by atoms with Crippen molar-refractivity contribution in [1.29, 1.82) is 0 Å². The second-order valence-electron chi connectivity index (χ2n) is 5.20. The van der Waals surface area contributed by atoms with Gasteiger partial charge in [0.1, 0.15) is 0 Å². The van der Waals surface area contributed by atoms with Gasteiger partial charge in [-0.05, 0) is 35.7 Å². The molecule has 1 heterocycles. The highest BCUT2D eigenvalue weighted by Gasteiger charge is 2.18. The van der Waals surface area contributed by atoms with Crippen molar-refractivity contribution >= 4 is 5.69 Å². The molecule has 20 heavy (non-hydrogen) atoms. The number of anilines is 1. The van der Waals surface area contributed by atoms with E-state index >= 15 is 0 Å². The maximum absolute atomic E-state index is 13.7. The van der Waals surface area contributed by atoms with Crippen LogP contribution in [0.3, 0.4) is 0 Å². The third-order valence-electron chi connectivity index (χ3n) is 3.75. The number of hydrogen-bond donors (Lipinski definition) is 1. The second kappa shape index (κ2) is 5.21. The highest BCUT2D eigenvalue weighted by Crippen LogP contribution is 2.23. The highest BCUT2D eigenvalue weighted by atomic mass is 19.2. The Morgan fingerprint density at radius 1 is 1.10 bits per heavy atom. The van der Waals surface area contributed by atoms with Crippen molar-refractivity contribution in [2.45, 2.75) is 19.5 Å². The molecule has 0 aromatic heterocycles. The van der Waals surface area contributed by atoms with Gasteiger partial charge in [0.15, 0.2) is 11.6 Å². The van der Waals surface area contributed by atoms with Crippen LogP contribution in [0.5, 0.6) is 0 Å². The standard InChI is InChI=1S/C16H16F2N2/c17-15-3-1-2-12(16(15)18)9-20-7-6-11-4-5-14(19)8-13(11)10-20/h1-5,8H,6-7,9-10,19H2. The summed E-state index contributed by atoms with van der Waals surface area (Å²) in [5, 5.41) is 0. The summed E-state index contributed by atoms with van der Waals surface area (Å²) in [6.45, 7) is 1.97. The molecule has 3 rings (SSSR count). The summed E-state index contributed by atoms with van der Waals surface area (Å²) >= 11 is 0. The minimum atomic E-state index is -0.788. The van der Waals surface area contributed by atoms with E-state index < -0.39 is 11.6 Å². The monoisotopic (exact) mass is 274 g/mol. The summed E-state index contributed by atoms with van der Waals surface area (Å²) in [6.07, 6.45) is 0.909. The zero-order valence-electron chi connectivity index (χ0n) is 11.1. The lowest BCUT2D eigenvalue weighted by Crippen LogP contribution is -2.30. The van der Waals surface area contributed by atoms with E-state index in [1.807, 2.05) is 18.2 Å². The Morgan fingerprint density at radius 3 is 2.80 bits per heavy atom. The van der Waals surface area contributed by atoms with Gasteiger partial charge in [0, 0.05) is 30.9 Å². The van der Waals surface area contributed by atoms with Crippen LogP contribution in [0.25, 0.3) is 0 Å². The van der Waals surface area contributed by atoms with E-state index in [9.17, 15) is 8.78 Å². The quantitative estimate of drug-likeness (QED) is 0.853. The van der Waals surface area contributed by atoms with Crippen molar-refractivity contribution in [2.24, 2.45) is 0 Å². The molecule has 2 nitrogen and oxygen atoms in total. The van der Waals surface area contributed by atoms with Crippen LogP contribution in [0.15, 0.2) is 36.4 Å². The van der Waals surface area contributed by atoms with Crippen molar-refractivity contribution in [3.8, 4) is 0 Å². The Morgan fingerprint density at radius 2 is 1.95 bits per heavy atom. The maximum atomic E-state index is 13.7. The summed E-state index contributed by atoms with van der Waals surface area (Å²) in [5.41, 5.74) is 9.40. The van der Waals surface area contributed by atoms with Crippen molar-refractivity contribution in [2.75, 3.05) is 12.3 Å². The number of halogens is 2. The molecule has 0 amide bonds. The average molecular weight is 274 g/mol. The summed E-state index contributed by atoms with van der Waals surface area (Å²) in [6, 6.07) is 10.2. The molecule has 0 radical (unpaired) electrons. The first kappa shape index (κ1) is 13.1. The predicted molar refractivity (Wildman–Crippen MR) is 75.0 cm³/mol. The fourth-order valence-electron chi connectivity index (χ4n) is 2.68. The van der Waals surface area contributed by atoms with E-state index in [-0.39, 0.29) is 0 Å². The molecule has 0 unspecified atom stereocenters. The van der Waals surface area contributed by atoms with Gasteiger partial charge in [-0.25, -0.2) is 8.78 Å². The zero-order chi connectivity index (χ0) is 14.1. The van der Waals surface area contributed by atoms with Gasteiger partial charge in [-0.3, -0.25) is 4.90 Å². The number of fused-ring (bicyclic) bond motifs is 1. The van der Waals surface area contributed by atoms with Gasteiger partial charge in [-0.1, -0.05) is 18.2 Å². The molecule has 104 valence electrons. The Labute approximate surface area is 116 Å². The van der Waals surface area contributed by atoms with Gasteiger partial charge < -0.3 is 5.73 Å². The second-order valence-corrected chi connectivity index (χ2v) is 5.20. The Balaban J connectivity index is 1.79. The number of nitrogens with two attached hydrogens (primary N) is 1. The normalized spacial score (nSPS) is 15.1. The first-order valence-corrected chi connectivity index (χ1v) is 6.66. The minimum absolute atomic E-state index is 0.400. The SMILES string of the molecule is Nc1ccc2c(c1)CN(Cc1cccc(F)c1F)CC2. The number of rotatable bonds is 2. The molecular formula is C16H16F2N2. The third kappa shape index (κ3) is 2.51. The summed E-state index contributed by atoms with van der Waals surface area (Å²) in [7, 11) is 0. The van der Waals surface area contributed by atoms with E-state index in [1.165, 1.54) is 11.1 Å². The number of nitrogen functional groups attached to an aromatic ring is 1. The molecule has 0 atom stereocenters. The predicted octanol–water partition coefficient (Wildman–Crippen LogP) is 3.11. The molecule has 2 N–H and O–H groups in total. The third-order valence-corrected chi connectivity index (χ3v) is 3.75. The van der Waals surface area contributed by atoms with Crippen LogP contribution in [0, 0.1) is 11.6 Å². The van der Waals surface area contributed by atoms with Crippen LogP contribution in [0.1, 0.15) is 16.7 Å². The molecule has 0 aliphatic carbocycles.